The lowest BCUT2D eigenvalue weighted by Crippen LogP contribution is -2.08. The second-order valence-corrected chi connectivity index (χ2v) is 7.98. The predicted molar refractivity (Wildman–Crippen MR) is 65.1 cm³/mol. The van der Waals surface area contributed by atoms with E-state index in [2.05, 4.69) is 15.9 Å². The highest BCUT2D eigenvalue weighted by atomic mass is 79.9. The molecule has 1 heterocycles. The maximum absolute atomic E-state index is 11.0. The summed E-state index contributed by atoms with van der Waals surface area (Å²) < 4.78 is 23.0. The molecule has 0 aromatic carbocycles. The summed E-state index contributed by atoms with van der Waals surface area (Å²) in [4.78, 5) is 2.00. The van der Waals surface area contributed by atoms with Crippen molar-refractivity contribution in [1.29, 1.82) is 0 Å². The summed E-state index contributed by atoms with van der Waals surface area (Å²) in [6, 6.07) is 1.94. The van der Waals surface area contributed by atoms with Crippen molar-refractivity contribution < 1.29 is 8.42 Å². The van der Waals surface area contributed by atoms with Gasteiger partial charge in [0.25, 0.3) is 0 Å². The number of sulfone groups is 1. The Kier molecular flexibility index (Phi) is 4.03. The van der Waals surface area contributed by atoms with Crippen LogP contribution in [0.3, 0.4) is 0 Å². The predicted octanol–water partition coefficient (Wildman–Crippen LogP) is 3.14. The van der Waals surface area contributed by atoms with Crippen molar-refractivity contribution in [3.63, 3.8) is 0 Å². The molecule has 80 valence electrons. The molecule has 6 heteroatoms. The summed E-state index contributed by atoms with van der Waals surface area (Å²) in [5, 5.41) is -0.460. The SMILES string of the molecule is Cc1cc(Br)c(C(Cl)CS(C)(=O)=O)s1. The number of halogens is 2. The van der Waals surface area contributed by atoms with E-state index in [0.29, 0.717) is 0 Å². The van der Waals surface area contributed by atoms with Crippen LogP contribution in [0.5, 0.6) is 0 Å². The number of thiophene rings is 1. The molecule has 0 amide bonds. The fourth-order valence-corrected chi connectivity index (χ4v) is 4.83. The minimum Gasteiger partial charge on any atom is -0.229 e. The summed E-state index contributed by atoms with van der Waals surface area (Å²) in [5.41, 5.74) is 0. The van der Waals surface area contributed by atoms with E-state index in [1.165, 1.54) is 17.6 Å². The maximum Gasteiger partial charge on any atom is 0.149 e. The van der Waals surface area contributed by atoms with Crippen molar-refractivity contribution in [3.05, 3.63) is 20.3 Å². The number of alkyl halides is 1. The molecule has 0 bridgehead atoms. The van der Waals surface area contributed by atoms with E-state index in [1.54, 1.807) is 0 Å². The third-order valence-corrected chi connectivity index (χ3v) is 5.28. The Bertz CT molecular complexity index is 425. The number of rotatable bonds is 3. The van der Waals surface area contributed by atoms with Gasteiger partial charge >= 0.3 is 0 Å². The molecular formula is C8H10BrClO2S2. The number of aryl methyl sites for hydroxylation is 1. The largest absolute Gasteiger partial charge is 0.229 e. The van der Waals surface area contributed by atoms with Crippen molar-refractivity contribution >= 4 is 48.7 Å². The van der Waals surface area contributed by atoms with Crippen LogP contribution in [0, 0.1) is 6.92 Å². The molecule has 0 fully saturated rings. The zero-order chi connectivity index (χ0) is 10.9. The van der Waals surface area contributed by atoms with Crippen LogP contribution >= 0.6 is 38.9 Å². The first kappa shape index (κ1) is 12.5. The van der Waals surface area contributed by atoms with Crippen LogP contribution in [0.2, 0.25) is 0 Å². The molecule has 1 rings (SSSR count). The monoisotopic (exact) mass is 316 g/mol. The highest BCUT2D eigenvalue weighted by Gasteiger charge is 2.19. The topological polar surface area (TPSA) is 34.1 Å². The van der Waals surface area contributed by atoms with Gasteiger partial charge in [-0.2, -0.15) is 0 Å². The molecule has 1 atom stereocenters. The van der Waals surface area contributed by atoms with Gasteiger partial charge in [-0.15, -0.1) is 22.9 Å². The van der Waals surface area contributed by atoms with Gasteiger partial charge in [-0.3, -0.25) is 0 Å². The lowest BCUT2D eigenvalue weighted by Gasteiger charge is -2.05. The molecule has 0 N–H and O–H groups in total. The highest BCUT2D eigenvalue weighted by molar-refractivity contribution is 9.10. The van der Waals surface area contributed by atoms with Crippen LogP contribution in [0.25, 0.3) is 0 Å². The molecule has 0 aliphatic rings. The Morgan fingerprint density at radius 2 is 2.21 bits per heavy atom. The molecule has 0 saturated carbocycles. The summed E-state index contributed by atoms with van der Waals surface area (Å²) in [6.07, 6.45) is 1.19. The molecule has 1 aromatic rings. The van der Waals surface area contributed by atoms with E-state index >= 15 is 0 Å². The first-order valence-corrected chi connectivity index (χ1v) is 7.98. The molecule has 1 unspecified atom stereocenters. The van der Waals surface area contributed by atoms with Gasteiger partial charge in [0, 0.05) is 20.5 Å². The Labute approximate surface area is 101 Å². The van der Waals surface area contributed by atoms with E-state index in [0.717, 1.165) is 14.2 Å². The van der Waals surface area contributed by atoms with Gasteiger partial charge < -0.3 is 0 Å². The lowest BCUT2D eigenvalue weighted by molar-refractivity contribution is 0.600. The Morgan fingerprint density at radius 1 is 1.64 bits per heavy atom. The molecule has 0 spiro atoms. The number of hydrogen-bond acceptors (Lipinski definition) is 3. The molecule has 0 aliphatic carbocycles. The molecule has 0 radical (unpaired) electrons. The first-order chi connectivity index (χ1) is 6.29. The van der Waals surface area contributed by atoms with Gasteiger partial charge in [0.2, 0.25) is 0 Å². The summed E-state index contributed by atoms with van der Waals surface area (Å²) in [6.45, 7) is 1.96. The summed E-state index contributed by atoms with van der Waals surface area (Å²) in [7, 11) is -3.03. The molecule has 0 aliphatic heterocycles. The van der Waals surface area contributed by atoms with E-state index in [9.17, 15) is 8.42 Å². The van der Waals surface area contributed by atoms with Crippen LogP contribution in [0.4, 0.5) is 0 Å². The van der Waals surface area contributed by atoms with Crippen molar-refractivity contribution in [2.45, 2.75) is 12.3 Å². The Morgan fingerprint density at radius 3 is 2.57 bits per heavy atom. The second-order valence-electron chi connectivity index (χ2n) is 3.13. The van der Waals surface area contributed by atoms with Crippen LogP contribution in [0.15, 0.2) is 10.5 Å². The van der Waals surface area contributed by atoms with E-state index in [4.69, 9.17) is 11.6 Å². The van der Waals surface area contributed by atoms with Gasteiger partial charge in [0.05, 0.1) is 11.1 Å². The van der Waals surface area contributed by atoms with Gasteiger partial charge in [-0.25, -0.2) is 8.42 Å². The van der Waals surface area contributed by atoms with E-state index < -0.39 is 15.2 Å². The van der Waals surface area contributed by atoms with Crippen molar-refractivity contribution in [2.24, 2.45) is 0 Å². The maximum atomic E-state index is 11.0. The smallest absolute Gasteiger partial charge is 0.149 e. The van der Waals surface area contributed by atoms with E-state index in [1.807, 2.05) is 13.0 Å². The Hall–Kier alpha value is 0.420. The van der Waals surface area contributed by atoms with Gasteiger partial charge in [0.15, 0.2) is 0 Å². The normalized spacial score (nSPS) is 14.3. The fourth-order valence-electron chi connectivity index (χ4n) is 1.06. The molecule has 2 nitrogen and oxygen atoms in total. The highest BCUT2D eigenvalue weighted by Crippen LogP contribution is 2.36. The van der Waals surface area contributed by atoms with Crippen LogP contribution in [-0.4, -0.2) is 20.4 Å². The third kappa shape index (κ3) is 3.53. The van der Waals surface area contributed by atoms with Crippen LogP contribution in [-0.2, 0) is 9.84 Å². The van der Waals surface area contributed by atoms with Crippen LogP contribution < -0.4 is 0 Å². The third-order valence-electron chi connectivity index (χ3n) is 1.57. The van der Waals surface area contributed by atoms with Crippen LogP contribution in [0.1, 0.15) is 15.1 Å². The zero-order valence-corrected chi connectivity index (χ0v) is 11.7. The number of hydrogen-bond donors (Lipinski definition) is 0. The molecule has 1 aromatic heterocycles. The van der Waals surface area contributed by atoms with Crippen molar-refractivity contribution in [2.75, 3.05) is 12.0 Å². The average molecular weight is 318 g/mol. The molecular weight excluding hydrogens is 308 g/mol. The quantitative estimate of drug-likeness (QED) is 0.803. The van der Waals surface area contributed by atoms with E-state index in [-0.39, 0.29) is 5.75 Å². The van der Waals surface area contributed by atoms with Gasteiger partial charge in [-0.05, 0) is 28.9 Å². The van der Waals surface area contributed by atoms with Crippen molar-refractivity contribution in [3.8, 4) is 0 Å². The summed E-state index contributed by atoms with van der Waals surface area (Å²) >= 11 is 10.9. The molecule has 0 saturated heterocycles. The second kappa shape index (κ2) is 4.51. The Balaban J connectivity index is 2.90. The van der Waals surface area contributed by atoms with Gasteiger partial charge in [-0.1, -0.05) is 0 Å². The summed E-state index contributed by atoms with van der Waals surface area (Å²) in [5.74, 6) is -0.0207. The lowest BCUT2D eigenvalue weighted by atomic mass is 10.3. The minimum atomic E-state index is -3.03. The fraction of sp³-hybridized carbons (Fsp3) is 0.500. The first-order valence-electron chi connectivity index (χ1n) is 3.87. The minimum absolute atomic E-state index is 0.0207. The van der Waals surface area contributed by atoms with Crippen molar-refractivity contribution in [1.82, 2.24) is 0 Å². The molecule has 14 heavy (non-hydrogen) atoms. The standard InChI is InChI=1S/C8H10BrClO2S2/c1-5-3-6(9)8(13-5)7(10)4-14(2,11)12/h3,7H,4H2,1-2H3. The zero-order valence-electron chi connectivity index (χ0n) is 7.75. The average Bonchev–Trinajstić information content (AvgIpc) is 2.26. The van der Waals surface area contributed by atoms with Gasteiger partial charge in [0.1, 0.15) is 9.84 Å².